The fraction of sp³-hybridized carbons (Fsp3) is 0.387. The molecule has 0 spiro atoms. The van der Waals surface area contributed by atoms with Crippen molar-refractivity contribution in [2.24, 2.45) is 11.8 Å². The Morgan fingerprint density at radius 1 is 1.09 bits per heavy atom. The second-order valence-electron chi connectivity index (χ2n) is 10.8. The second-order valence-corrected chi connectivity index (χ2v) is 10.8. The molecule has 0 aliphatic carbocycles. The lowest BCUT2D eigenvalue weighted by atomic mass is 9.94. The maximum Gasteiger partial charge on any atom is 0.413 e. The third-order valence-electron chi connectivity index (χ3n) is 7.19. The van der Waals surface area contributed by atoms with Gasteiger partial charge in [-0.25, -0.2) is 4.79 Å². The molecule has 4 atom stereocenters. The summed E-state index contributed by atoms with van der Waals surface area (Å²) in [5, 5.41) is 21.6. The number of H-pyrrole nitrogens is 1. The topological polar surface area (TPSA) is 174 Å². The maximum atomic E-state index is 13.7. The number of anilines is 1. The highest BCUT2D eigenvalue weighted by atomic mass is 16.6. The van der Waals surface area contributed by atoms with E-state index in [0.29, 0.717) is 36.3 Å². The molecule has 1 aliphatic heterocycles. The molecule has 1 aromatic heterocycles. The monoisotopic (exact) mass is 588 g/mol. The van der Waals surface area contributed by atoms with Gasteiger partial charge in [-0.2, -0.15) is 5.26 Å². The molecular formula is C31H36N6O6. The van der Waals surface area contributed by atoms with Crippen LogP contribution in [0.15, 0.2) is 54.6 Å². The lowest BCUT2D eigenvalue weighted by Gasteiger charge is -2.28. The number of benzene rings is 2. The number of nitrogens with zero attached hydrogens (tertiary/aromatic N) is 1. The van der Waals surface area contributed by atoms with Gasteiger partial charge in [-0.05, 0) is 55.5 Å². The smallest absolute Gasteiger partial charge is 0.413 e. The largest absolute Gasteiger partial charge is 0.496 e. The second kappa shape index (κ2) is 14.2. The van der Waals surface area contributed by atoms with Gasteiger partial charge in [-0.3, -0.25) is 19.7 Å². The Morgan fingerprint density at radius 3 is 2.51 bits per heavy atom. The Hall–Kier alpha value is -5.05. The van der Waals surface area contributed by atoms with Gasteiger partial charge in [0.1, 0.15) is 23.6 Å². The number of nitriles is 1. The molecule has 4 rings (SSSR count). The number of nitrogens with one attached hydrogen (secondary N) is 5. The number of rotatable bonds is 12. The molecule has 2 heterocycles. The van der Waals surface area contributed by atoms with Crippen LogP contribution in [0.1, 0.15) is 43.6 Å². The van der Waals surface area contributed by atoms with Crippen LogP contribution in [-0.2, 0) is 14.3 Å². The number of para-hydroxylation sites is 1. The van der Waals surface area contributed by atoms with Crippen LogP contribution >= 0.6 is 0 Å². The van der Waals surface area contributed by atoms with E-state index < -0.39 is 42.0 Å². The number of hydrogen-bond acceptors (Lipinski definition) is 7. The predicted molar refractivity (Wildman–Crippen MR) is 159 cm³/mol. The van der Waals surface area contributed by atoms with Gasteiger partial charge in [0.05, 0.1) is 13.2 Å². The summed E-state index contributed by atoms with van der Waals surface area (Å²) in [7, 11) is 1.54. The third-order valence-corrected chi connectivity index (χ3v) is 7.19. The van der Waals surface area contributed by atoms with Crippen molar-refractivity contribution < 1.29 is 28.7 Å². The number of hydrogen-bond donors (Lipinski definition) is 5. The average Bonchev–Trinajstić information content (AvgIpc) is 3.61. The molecule has 5 N–H and O–H groups in total. The molecule has 12 heteroatoms. The van der Waals surface area contributed by atoms with Crippen molar-refractivity contribution in [2.75, 3.05) is 19.0 Å². The van der Waals surface area contributed by atoms with Crippen LogP contribution in [0.2, 0.25) is 0 Å². The van der Waals surface area contributed by atoms with Crippen molar-refractivity contribution in [3.63, 3.8) is 0 Å². The summed E-state index contributed by atoms with van der Waals surface area (Å²) in [6.45, 7) is 4.30. The van der Waals surface area contributed by atoms with Crippen LogP contribution in [-0.4, -0.2) is 60.6 Å². The fourth-order valence-corrected chi connectivity index (χ4v) is 5.07. The number of aromatic amines is 1. The highest BCUT2D eigenvalue weighted by molar-refractivity contribution is 6.01. The SMILES string of the molecule is COc1cccc2[nH]c(C(=O)NC(CC(C)C)C(=O)NC(CC3CCNC3=O)C(C#N)OC(=O)Nc3ccccc3)cc12. The summed E-state index contributed by atoms with van der Waals surface area (Å²) in [6.07, 6.45) is -1.41. The number of fused-ring (bicyclic) bond motifs is 1. The lowest BCUT2D eigenvalue weighted by molar-refractivity contribution is -0.126. The highest BCUT2D eigenvalue weighted by Crippen LogP contribution is 2.26. The van der Waals surface area contributed by atoms with Gasteiger partial charge in [-0.1, -0.05) is 38.1 Å². The van der Waals surface area contributed by atoms with Crippen molar-refractivity contribution in [1.29, 1.82) is 5.26 Å². The Morgan fingerprint density at radius 2 is 1.86 bits per heavy atom. The normalized spacial score (nSPS) is 16.4. The van der Waals surface area contributed by atoms with Gasteiger partial charge in [-0.15, -0.1) is 0 Å². The lowest BCUT2D eigenvalue weighted by Crippen LogP contribution is -2.54. The molecule has 2 aromatic carbocycles. The summed E-state index contributed by atoms with van der Waals surface area (Å²) in [4.78, 5) is 55.0. The molecule has 43 heavy (non-hydrogen) atoms. The van der Waals surface area contributed by atoms with Gasteiger partial charge >= 0.3 is 6.09 Å². The summed E-state index contributed by atoms with van der Waals surface area (Å²) in [5.41, 5.74) is 1.41. The van der Waals surface area contributed by atoms with Gasteiger partial charge in [0, 0.05) is 29.1 Å². The summed E-state index contributed by atoms with van der Waals surface area (Å²) in [6, 6.07) is 15.6. The van der Waals surface area contributed by atoms with Crippen LogP contribution in [0.4, 0.5) is 10.5 Å². The molecule has 3 aromatic rings. The zero-order valence-electron chi connectivity index (χ0n) is 24.3. The third kappa shape index (κ3) is 8.03. The number of methoxy groups -OCH3 is 1. The van der Waals surface area contributed by atoms with Gasteiger partial charge in [0.15, 0.2) is 0 Å². The molecule has 4 unspecified atom stereocenters. The number of carbonyl (C=O) groups is 4. The van der Waals surface area contributed by atoms with Crippen LogP contribution in [0.25, 0.3) is 10.9 Å². The first-order chi connectivity index (χ1) is 20.7. The van der Waals surface area contributed by atoms with E-state index in [-0.39, 0.29) is 23.9 Å². The molecule has 226 valence electrons. The Bertz CT molecular complexity index is 1500. The standard InChI is InChI=1S/C31H36N6O6/c1-18(2)14-24(37-30(40)25-16-21-22(35-25)10-7-11-26(21)42-3)29(39)36-23(15-19-12-13-33-28(19)38)27(17-32)43-31(41)34-20-8-5-4-6-9-20/h4-11,16,18-19,23-24,27,35H,12-15H2,1-3H3,(H,33,38)(H,34,41)(H,36,39)(H,37,40). The molecular weight excluding hydrogens is 552 g/mol. The first-order valence-corrected chi connectivity index (χ1v) is 14.2. The first-order valence-electron chi connectivity index (χ1n) is 14.2. The van der Waals surface area contributed by atoms with Crippen molar-refractivity contribution in [2.45, 2.75) is 51.3 Å². The molecule has 0 radical (unpaired) electrons. The van der Waals surface area contributed by atoms with E-state index in [1.807, 2.05) is 26.0 Å². The van der Waals surface area contributed by atoms with Crippen LogP contribution in [0, 0.1) is 23.2 Å². The molecule has 12 nitrogen and oxygen atoms in total. The van der Waals surface area contributed by atoms with E-state index in [0.717, 1.165) is 5.39 Å². The number of amides is 4. The minimum absolute atomic E-state index is 0.0255. The van der Waals surface area contributed by atoms with Gasteiger partial charge in [0.2, 0.25) is 17.9 Å². The van der Waals surface area contributed by atoms with E-state index >= 15 is 0 Å². The number of carbonyl (C=O) groups excluding carboxylic acids is 4. The minimum Gasteiger partial charge on any atom is -0.496 e. The minimum atomic E-state index is -1.40. The fourth-order valence-electron chi connectivity index (χ4n) is 5.07. The molecule has 1 fully saturated rings. The molecule has 0 bridgehead atoms. The van der Waals surface area contributed by atoms with Crippen molar-refractivity contribution in [3.8, 4) is 11.8 Å². The van der Waals surface area contributed by atoms with E-state index in [9.17, 15) is 24.4 Å². The molecule has 0 saturated carbocycles. The van der Waals surface area contributed by atoms with Crippen LogP contribution < -0.4 is 26.0 Å². The van der Waals surface area contributed by atoms with Crippen molar-refractivity contribution >= 4 is 40.4 Å². The first kappa shape index (κ1) is 30.9. The summed E-state index contributed by atoms with van der Waals surface area (Å²) < 4.78 is 10.8. The zero-order valence-corrected chi connectivity index (χ0v) is 24.3. The maximum absolute atomic E-state index is 13.7. The van der Waals surface area contributed by atoms with E-state index in [1.54, 1.807) is 55.6 Å². The molecule has 1 aliphatic rings. The summed E-state index contributed by atoms with van der Waals surface area (Å²) in [5.74, 6) is -1.13. The van der Waals surface area contributed by atoms with E-state index in [4.69, 9.17) is 9.47 Å². The quantitative estimate of drug-likeness (QED) is 0.215. The van der Waals surface area contributed by atoms with Gasteiger partial charge in [0.25, 0.3) is 5.91 Å². The van der Waals surface area contributed by atoms with Gasteiger partial charge < -0.3 is 30.4 Å². The Labute approximate surface area is 249 Å². The Balaban J connectivity index is 1.52. The van der Waals surface area contributed by atoms with E-state index in [2.05, 4.69) is 26.3 Å². The van der Waals surface area contributed by atoms with Crippen LogP contribution in [0.3, 0.4) is 0 Å². The Kier molecular flexibility index (Phi) is 10.2. The zero-order chi connectivity index (χ0) is 30.9. The summed E-state index contributed by atoms with van der Waals surface area (Å²) >= 11 is 0. The van der Waals surface area contributed by atoms with Crippen molar-refractivity contribution in [1.82, 2.24) is 20.9 Å². The predicted octanol–water partition coefficient (Wildman–Crippen LogP) is 3.47. The molecule has 4 amide bonds. The highest BCUT2D eigenvalue weighted by Gasteiger charge is 2.36. The van der Waals surface area contributed by atoms with E-state index in [1.165, 1.54) is 0 Å². The van der Waals surface area contributed by atoms with Crippen LogP contribution in [0.5, 0.6) is 5.75 Å². The average molecular weight is 589 g/mol. The number of ether oxygens (including phenoxy) is 2. The molecule has 1 saturated heterocycles. The van der Waals surface area contributed by atoms with Crippen molar-refractivity contribution in [3.05, 3.63) is 60.3 Å². The number of aromatic nitrogens is 1.